The van der Waals surface area contributed by atoms with E-state index in [1.807, 2.05) is 17.8 Å². The van der Waals surface area contributed by atoms with Crippen LogP contribution in [0.25, 0.3) is 11.0 Å². The Morgan fingerprint density at radius 2 is 2.00 bits per heavy atom. The molecule has 0 bridgehead atoms. The van der Waals surface area contributed by atoms with Gasteiger partial charge in [-0.25, -0.2) is 4.98 Å². The summed E-state index contributed by atoms with van der Waals surface area (Å²) in [6.07, 6.45) is 3.18. The van der Waals surface area contributed by atoms with Crippen molar-refractivity contribution in [3.05, 3.63) is 28.0 Å². The molecule has 6 heteroatoms. The van der Waals surface area contributed by atoms with Crippen LogP contribution in [0.15, 0.2) is 12.1 Å². The van der Waals surface area contributed by atoms with Crippen molar-refractivity contribution in [2.24, 2.45) is 0 Å². The average molecular weight is 324 g/mol. The molecule has 0 fully saturated rings. The Kier molecular flexibility index (Phi) is 5.07. The highest BCUT2D eigenvalue weighted by atomic mass is 35.5. The van der Waals surface area contributed by atoms with Crippen molar-refractivity contribution in [2.75, 3.05) is 12.0 Å². The van der Waals surface area contributed by atoms with E-state index in [0.29, 0.717) is 15.9 Å². The Bertz CT molecular complexity index is 554. The highest BCUT2D eigenvalue weighted by Crippen LogP contribution is 2.29. The first-order chi connectivity index (χ1) is 8.67. The molecule has 0 aliphatic heterocycles. The third kappa shape index (κ3) is 2.90. The first kappa shape index (κ1) is 14.3. The summed E-state index contributed by atoms with van der Waals surface area (Å²) >= 11 is 19.8. The van der Waals surface area contributed by atoms with E-state index in [2.05, 4.69) is 15.8 Å². The van der Waals surface area contributed by atoms with E-state index in [1.54, 1.807) is 6.07 Å². The van der Waals surface area contributed by atoms with Crippen LogP contribution in [-0.4, -0.2) is 21.6 Å². The zero-order chi connectivity index (χ0) is 13.1. The molecule has 0 aliphatic rings. The van der Waals surface area contributed by atoms with Crippen LogP contribution in [0.1, 0.15) is 12.2 Å². The number of imidazole rings is 1. The van der Waals surface area contributed by atoms with E-state index in [4.69, 9.17) is 34.8 Å². The van der Waals surface area contributed by atoms with Crippen LogP contribution in [0, 0.1) is 0 Å². The summed E-state index contributed by atoms with van der Waals surface area (Å²) < 4.78 is 2.13. The minimum Gasteiger partial charge on any atom is -0.327 e. The Balaban J connectivity index is 2.44. The van der Waals surface area contributed by atoms with E-state index in [9.17, 15) is 0 Å². The standard InChI is InChI=1S/C12H13Cl3N2S/c1-18-4-2-3-17-11-6-9(15)8(14)5-10(11)16-12(17)7-13/h5-6H,2-4,7H2,1H3. The monoisotopic (exact) mass is 322 g/mol. The van der Waals surface area contributed by atoms with Crippen molar-refractivity contribution in [1.29, 1.82) is 0 Å². The predicted molar refractivity (Wildman–Crippen MR) is 82.3 cm³/mol. The number of fused-ring (bicyclic) bond motifs is 1. The number of alkyl halides is 1. The van der Waals surface area contributed by atoms with Gasteiger partial charge in [-0.15, -0.1) is 11.6 Å². The fourth-order valence-electron chi connectivity index (χ4n) is 1.89. The van der Waals surface area contributed by atoms with Crippen molar-refractivity contribution in [2.45, 2.75) is 18.8 Å². The maximum Gasteiger partial charge on any atom is 0.124 e. The van der Waals surface area contributed by atoms with Gasteiger partial charge in [0.15, 0.2) is 0 Å². The Morgan fingerprint density at radius 3 is 2.67 bits per heavy atom. The summed E-state index contributed by atoms with van der Waals surface area (Å²) in [4.78, 5) is 4.49. The molecule has 18 heavy (non-hydrogen) atoms. The third-order valence-electron chi connectivity index (χ3n) is 2.72. The molecule has 0 aliphatic carbocycles. The summed E-state index contributed by atoms with van der Waals surface area (Å²) in [6, 6.07) is 3.65. The quantitative estimate of drug-likeness (QED) is 0.579. The van der Waals surface area contributed by atoms with E-state index < -0.39 is 0 Å². The van der Waals surface area contributed by atoms with Crippen LogP contribution in [0.5, 0.6) is 0 Å². The zero-order valence-corrected chi connectivity index (χ0v) is 13.0. The topological polar surface area (TPSA) is 17.8 Å². The lowest BCUT2D eigenvalue weighted by molar-refractivity contribution is 0.677. The molecule has 0 N–H and O–H groups in total. The Labute approximate surface area is 126 Å². The number of nitrogens with zero attached hydrogens (tertiary/aromatic N) is 2. The van der Waals surface area contributed by atoms with E-state index in [0.717, 1.165) is 35.6 Å². The fourth-order valence-corrected chi connectivity index (χ4v) is 2.83. The number of aromatic nitrogens is 2. The maximum atomic E-state index is 6.06. The molecule has 2 rings (SSSR count). The highest BCUT2D eigenvalue weighted by molar-refractivity contribution is 7.98. The number of benzene rings is 1. The van der Waals surface area contributed by atoms with Gasteiger partial charge in [0.2, 0.25) is 0 Å². The Hall–Kier alpha value is -0.0900. The fraction of sp³-hybridized carbons (Fsp3) is 0.417. The van der Waals surface area contributed by atoms with Crippen molar-refractivity contribution in [3.63, 3.8) is 0 Å². The maximum absolute atomic E-state index is 6.06. The number of thioether (sulfide) groups is 1. The second-order valence-electron chi connectivity index (χ2n) is 3.91. The number of halogens is 3. The first-order valence-electron chi connectivity index (χ1n) is 5.56. The molecule has 1 aromatic carbocycles. The van der Waals surface area contributed by atoms with Crippen LogP contribution in [0.4, 0.5) is 0 Å². The molecule has 2 nitrogen and oxygen atoms in total. The molecule has 1 aromatic heterocycles. The normalized spacial score (nSPS) is 11.3. The van der Waals surface area contributed by atoms with Crippen LogP contribution < -0.4 is 0 Å². The van der Waals surface area contributed by atoms with Crippen molar-refractivity contribution in [1.82, 2.24) is 9.55 Å². The van der Waals surface area contributed by atoms with Gasteiger partial charge in [-0.1, -0.05) is 23.2 Å². The predicted octanol–water partition coefficient (Wildman–Crippen LogP) is 4.84. The molecule has 0 unspecified atom stereocenters. The smallest absolute Gasteiger partial charge is 0.124 e. The molecular formula is C12H13Cl3N2S. The largest absolute Gasteiger partial charge is 0.327 e. The highest BCUT2D eigenvalue weighted by Gasteiger charge is 2.12. The molecule has 0 atom stereocenters. The number of rotatable bonds is 5. The lowest BCUT2D eigenvalue weighted by atomic mass is 10.3. The number of aryl methyl sites for hydroxylation is 1. The van der Waals surface area contributed by atoms with Gasteiger partial charge in [-0.2, -0.15) is 11.8 Å². The minimum atomic E-state index is 0.392. The second kappa shape index (κ2) is 6.38. The molecule has 0 saturated carbocycles. The van der Waals surface area contributed by atoms with Gasteiger partial charge in [0.05, 0.1) is 27.0 Å². The van der Waals surface area contributed by atoms with Gasteiger partial charge in [0.25, 0.3) is 0 Å². The van der Waals surface area contributed by atoms with Gasteiger partial charge < -0.3 is 4.57 Å². The number of hydrogen-bond donors (Lipinski definition) is 0. The average Bonchev–Trinajstić information content (AvgIpc) is 2.68. The molecule has 98 valence electrons. The molecule has 0 radical (unpaired) electrons. The third-order valence-corrected chi connectivity index (χ3v) is 4.38. The van der Waals surface area contributed by atoms with Crippen molar-refractivity contribution >= 4 is 57.6 Å². The van der Waals surface area contributed by atoms with E-state index >= 15 is 0 Å². The lowest BCUT2D eigenvalue weighted by Crippen LogP contribution is -2.03. The van der Waals surface area contributed by atoms with Crippen LogP contribution in [0.2, 0.25) is 10.0 Å². The van der Waals surface area contributed by atoms with Gasteiger partial charge in [-0.05, 0) is 30.6 Å². The summed E-state index contributed by atoms with van der Waals surface area (Å²) in [6.45, 7) is 0.900. The van der Waals surface area contributed by atoms with Crippen molar-refractivity contribution in [3.8, 4) is 0 Å². The molecule has 0 saturated heterocycles. The van der Waals surface area contributed by atoms with Crippen LogP contribution in [-0.2, 0) is 12.4 Å². The summed E-state index contributed by atoms with van der Waals surface area (Å²) in [5.74, 6) is 2.37. The molecule has 0 amide bonds. The van der Waals surface area contributed by atoms with Gasteiger partial charge in [0, 0.05) is 6.54 Å². The number of hydrogen-bond acceptors (Lipinski definition) is 2. The summed E-state index contributed by atoms with van der Waals surface area (Å²) in [5.41, 5.74) is 1.85. The van der Waals surface area contributed by atoms with Crippen molar-refractivity contribution < 1.29 is 0 Å². The summed E-state index contributed by atoms with van der Waals surface area (Å²) in [5, 5.41) is 1.08. The second-order valence-corrected chi connectivity index (χ2v) is 5.98. The Morgan fingerprint density at radius 1 is 1.28 bits per heavy atom. The van der Waals surface area contributed by atoms with E-state index in [1.165, 1.54) is 0 Å². The van der Waals surface area contributed by atoms with Gasteiger partial charge in [0.1, 0.15) is 5.82 Å². The van der Waals surface area contributed by atoms with Crippen LogP contribution >= 0.6 is 46.6 Å². The zero-order valence-electron chi connectivity index (χ0n) is 9.92. The molecule has 2 aromatic rings. The van der Waals surface area contributed by atoms with Crippen LogP contribution in [0.3, 0.4) is 0 Å². The first-order valence-corrected chi connectivity index (χ1v) is 8.25. The SMILES string of the molecule is CSCCCn1c(CCl)nc2cc(Cl)c(Cl)cc21. The van der Waals surface area contributed by atoms with E-state index in [-0.39, 0.29) is 0 Å². The van der Waals surface area contributed by atoms with Gasteiger partial charge >= 0.3 is 0 Å². The molecule has 0 spiro atoms. The summed E-state index contributed by atoms with van der Waals surface area (Å²) in [7, 11) is 0. The molecular weight excluding hydrogens is 311 g/mol. The molecule has 1 heterocycles. The minimum absolute atomic E-state index is 0.392. The lowest BCUT2D eigenvalue weighted by Gasteiger charge is -2.07. The van der Waals surface area contributed by atoms with Gasteiger partial charge in [-0.3, -0.25) is 0 Å².